The van der Waals surface area contributed by atoms with Crippen LogP contribution in [-0.4, -0.2) is 65.0 Å². The number of hydrogen-bond donors (Lipinski definition) is 4. The summed E-state index contributed by atoms with van der Waals surface area (Å²) in [7, 11) is 0. The van der Waals surface area contributed by atoms with Gasteiger partial charge in [0.1, 0.15) is 24.6 Å². The van der Waals surface area contributed by atoms with Crippen LogP contribution in [0, 0.1) is 0 Å². The first-order chi connectivity index (χ1) is 10.9. The van der Waals surface area contributed by atoms with Crippen molar-refractivity contribution in [2.75, 3.05) is 12.3 Å². The Morgan fingerprint density at radius 1 is 1.35 bits per heavy atom. The maximum Gasteiger partial charge on any atom is 0.172 e. The lowest BCUT2D eigenvalue weighted by molar-refractivity contribution is -0.0548. The van der Waals surface area contributed by atoms with Gasteiger partial charge in [-0.15, -0.1) is 0 Å². The van der Waals surface area contributed by atoms with Crippen molar-refractivity contribution in [3.8, 4) is 0 Å². The minimum Gasteiger partial charge on any atom is -0.394 e. The number of thioether (sulfide) groups is 1. The molecule has 126 valence electrons. The van der Waals surface area contributed by atoms with E-state index in [1.807, 2.05) is 13.8 Å². The molecule has 0 radical (unpaired) electrons. The normalized spacial score (nSPS) is 28.1. The molecule has 2 aromatic heterocycles. The number of imidazole rings is 1. The van der Waals surface area contributed by atoms with Crippen LogP contribution in [0.5, 0.6) is 0 Å². The number of hydrogen-bond acceptors (Lipinski definition) is 9. The standard InChI is InChI=1S/C13H19N5O4S/c1-5(2)23-13-17-7-10(14)15-4-16-11(7)18(13)12-9(21)8(20)6(3-19)22-12/h4-6,8-9,12,19-21H,3H2,1-2H3,(H2,14,15,16)/t6-,8?,9?,12-/m1/s1. The fourth-order valence-corrected chi connectivity index (χ4v) is 3.39. The summed E-state index contributed by atoms with van der Waals surface area (Å²) < 4.78 is 7.21. The number of nitrogen functional groups attached to an aromatic ring is 1. The second kappa shape index (κ2) is 6.21. The van der Waals surface area contributed by atoms with E-state index in [-0.39, 0.29) is 11.1 Å². The Morgan fingerprint density at radius 2 is 2.09 bits per heavy atom. The Balaban J connectivity index is 2.13. The second-order valence-corrected chi connectivity index (χ2v) is 7.13. The van der Waals surface area contributed by atoms with Gasteiger partial charge in [-0.2, -0.15) is 0 Å². The van der Waals surface area contributed by atoms with Crippen molar-refractivity contribution in [3.63, 3.8) is 0 Å². The third-order valence-corrected chi connectivity index (χ3v) is 4.56. The molecule has 9 nitrogen and oxygen atoms in total. The zero-order valence-corrected chi connectivity index (χ0v) is 13.5. The van der Waals surface area contributed by atoms with Crippen LogP contribution >= 0.6 is 11.8 Å². The first kappa shape index (κ1) is 16.4. The molecule has 0 bridgehead atoms. The first-order valence-corrected chi connectivity index (χ1v) is 8.09. The van der Waals surface area contributed by atoms with Crippen molar-refractivity contribution in [3.05, 3.63) is 6.33 Å². The van der Waals surface area contributed by atoms with Crippen LogP contribution in [0.1, 0.15) is 20.1 Å². The molecular formula is C13H19N5O4S. The van der Waals surface area contributed by atoms with Crippen LogP contribution in [-0.2, 0) is 4.74 Å². The second-order valence-electron chi connectivity index (χ2n) is 5.59. The van der Waals surface area contributed by atoms with Gasteiger partial charge in [0.25, 0.3) is 0 Å². The number of nitrogens with two attached hydrogens (primary N) is 1. The van der Waals surface area contributed by atoms with Crippen LogP contribution in [0.3, 0.4) is 0 Å². The molecule has 1 saturated heterocycles. The summed E-state index contributed by atoms with van der Waals surface area (Å²) in [5, 5.41) is 30.3. The van der Waals surface area contributed by atoms with E-state index in [0.29, 0.717) is 16.3 Å². The summed E-state index contributed by atoms with van der Waals surface area (Å²) in [5.74, 6) is 0.228. The van der Waals surface area contributed by atoms with E-state index >= 15 is 0 Å². The number of anilines is 1. The number of nitrogens with zero attached hydrogens (tertiary/aromatic N) is 4. The van der Waals surface area contributed by atoms with Crippen molar-refractivity contribution < 1.29 is 20.1 Å². The number of rotatable bonds is 4. The van der Waals surface area contributed by atoms with E-state index in [0.717, 1.165) is 0 Å². The van der Waals surface area contributed by atoms with Gasteiger partial charge in [-0.3, -0.25) is 4.57 Å². The zero-order valence-electron chi connectivity index (χ0n) is 12.7. The van der Waals surface area contributed by atoms with Crippen LogP contribution in [0.4, 0.5) is 5.82 Å². The molecule has 23 heavy (non-hydrogen) atoms. The molecule has 10 heteroatoms. The predicted molar refractivity (Wildman–Crippen MR) is 83.7 cm³/mol. The van der Waals surface area contributed by atoms with Gasteiger partial charge in [0.2, 0.25) is 0 Å². The third-order valence-electron chi connectivity index (χ3n) is 3.59. The average molecular weight is 341 g/mol. The summed E-state index contributed by atoms with van der Waals surface area (Å²) in [5.41, 5.74) is 6.68. The molecule has 1 aliphatic rings. The van der Waals surface area contributed by atoms with E-state index in [9.17, 15) is 15.3 Å². The van der Waals surface area contributed by atoms with Gasteiger partial charge >= 0.3 is 0 Å². The van der Waals surface area contributed by atoms with E-state index in [4.69, 9.17) is 10.5 Å². The summed E-state index contributed by atoms with van der Waals surface area (Å²) in [6.45, 7) is 3.60. The fourth-order valence-electron chi connectivity index (χ4n) is 2.52. The highest BCUT2D eigenvalue weighted by molar-refractivity contribution is 7.99. The lowest BCUT2D eigenvalue weighted by atomic mass is 10.1. The monoisotopic (exact) mass is 341 g/mol. The summed E-state index contributed by atoms with van der Waals surface area (Å²) in [4.78, 5) is 12.6. The molecule has 0 spiro atoms. The maximum absolute atomic E-state index is 10.3. The van der Waals surface area contributed by atoms with E-state index in [1.165, 1.54) is 18.1 Å². The van der Waals surface area contributed by atoms with E-state index < -0.39 is 31.1 Å². The van der Waals surface area contributed by atoms with Gasteiger partial charge in [-0.05, 0) is 0 Å². The minimum absolute atomic E-state index is 0.219. The molecule has 0 aliphatic carbocycles. The first-order valence-electron chi connectivity index (χ1n) is 7.21. The summed E-state index contributed by atoms with van der Waals surface area (Å²) in [6, 6.07) is 0. The SMILES string of the molecule is CC(C)Sc1nc2c(N)ncnc2n1[C@@H]1O[C@H](CO)C(O)C1O. The van der Waals surface area contributed by atoms with Crippen molar-refractivity contribution in [2.45, 2.75) is 48.8 Å². The van der Waals surface area contributed by atoms with Crippen molar-refractivity contribution in [1.29, 1.82) is 0 Å². The highest BCUT2D eigenvalue weighted by Gasteiger charge is 2.45. The molecule has 3 rings (SSSR count). The molecule has 1 aliphatic heterocycles. The highest BCUT2D eigenvalue weighted by Crippen LogP contribution is 2.37. The van der Waals surface area contributed by atoms with Crippen molar-refractivity contribution in [2.24, 2.45) is 0 Å². The van der Waals surface area contributed by atoms with Gasteiger partial charge < -0.3 is 25.8 Å². The average Bonchev–Trinajstić information content (AvgIpc) is 2.98. The topological polar surface area (TPSA) is 140 Å². The lowest BCUT2D eigenvalue weighted by Crippen LogP contribution is -2.33. The Morgan fingerprint density at radius 3 is 2.70 bits per heavy atom. The third kappa shape index (κ3) is 2.76. The van der Waals surface area contributed by atoms with Crippen LogP contribution in [0.2, 0.25) is 0 Å². The Hall–Kier alpha value is -1.46. The molecule has 5 N–H and O–H groups in total. The fraction of sp³-hybridized carbons (Fsp3) is 0.615. The Kier molecular flexibility index (Phi) is 4.43. The maximum atomic E-state index is 10.3. The lowest BCUT2D eigenvalue weighted by Gasteiger charge is -2.19. The van der Waals surface area contributed by atoms with Gasteiger partial charge in [-0.25, -0.2) is 15.0 Å². The largest absolute Gasteiger partial charge is 0.394 e. The predicted octanol–water partition coefficient (Wildman–Crippen LogP) is -0.480. The minimum atomic E-state index is -1.22. The highest BCUT2D eigenvalue weighted by atomic mass is 32.2. The quantitative estimate of drug-likeness (QED) is 0.543. The van der Waals surface area contributed by atoms with Crippen LogP contribution in [0.15, 0.2) is 11.5 Å². The van der Waals surface area contributed by atoms with Crippen LogP contribution in [0.25, 0.3) is 11.2 Å². The molecule has 2 aromatic rings. The van der Waals surface area contributed by atoms with Gasteiger partial charge in [0.15, 0.2) is 28.4 Å². The molecule has 1 fully saturated rings. The van der Waals surface area contributed by atoms with Gasteiger partial charge in [0.05, 0.1) is 6.61 Å². The molecule has 0 saturated carbocycles. The Labute approximate surface area is 136 Å². The molecule has 2 unspecified atom stereocenters. The van der Waals surface area contributed by atoms with Crippen molar-refractivity contribution >= 4 is 28.7 Å². The zero-order chi connectivity index (χ0) is 16.7. The van der Waals surface area contributed by atoms with E-state index in [2.05, 4.69) is 15.0 Å². The number of ether oxygens (including phenoxy) is 1. The number of fused-ring (bicyclic) bond motifs is 1. The molecular weight excluding hydrogens is 322 g/mol. The smallest absolute Gasteiger partial charge is 0.172 e. The Bertz CT molecular complexity index is 709. The summed E-state index contributed by atoms with van der Waals surface area (Å²) in [6.07, 6.45) is -2.89. The van der Waals surface area contributed by atoms with E-state index in [1.54, 1.807) is 4.57 Å². The van der Waals surface area contributed by atoms with Crippen molar-refractivity contribution in [1.82, 2.24) is 19.5 Å². The van der Waals surface area contributed by atoms with Crippen LogP contribution < -0.4 is 5.73 Å². The molecule has 0 aromatic carbocycles. The molecule has 3 heterocycles. The van der Waals surface area contributed by atoms with Gasteiger partial charge in [0, 0.05) is 5.25 Å². The number of aliphatic hydroxyl groups is 3. The summed E-state index contributed by atoms with van der Waals surface area (Å²) >= 11 is 1.45. The number of aromatic nitrogens is 4. The van der Waals surface area contributed by atoms with Gasteiger partial charge in [-0.1, -0.05) is 25.6 Å². The number of aliphatic hydroxyl groups excluding tert-OH is 3. The molecule has 0 amide bonds. The molecule has 4 atom stereocenters.